The maximum atomic E-state index is 12.5. The maximum absolute atomic E-state index is 12.5. The van der Waals surface area contributed by atoms with Gasteiger partial charge in [0.15, 0.2) is 0 Å². The summed E-state index contributed by atoms with van der Waals surface area (Å²) < 4.78 is 11.3. The normalized spacial score (nSPS) is 15.3. The average molecular weight is 401 g/mol. The smallest absolute Gasteiger partial charge is 0.251 e. The second-order valence-corrected chi connectivity index (χ2v) is 7.99. The first-order valence-corrected chi connectivity index (χ1v) is 10.2. The Morgan fingerprint density at radius 3 is 2.57 bits per heavy atom. The highest BCUT2D eigenvalue weighted by molar-refractivity contribution is 7.09. The van der Waals surface area contributed by atoms with E-state index < -0.39 is 0 Å². The van der Waals surface area contributed by atoms with Gasteiger partial charge in [-0.25, -0.2) is 4.98 Å². The summed E-state index contributed by atoms with van der Waals surface area (Å²) in [5.41, 5.74) is 1.81. The van der Waals surface area contributed by atoms with E-state index >= 15 is 0 Å². The van der Waals surface area contributed by atoms with Gasteiger partial charge in [0.05, 0.1) is 18.5 Å². The van der Waals surface area contributed by atoms with Gasteiger partial charge in [-0.3, -0.25) is 9.69 Å². The maximum Gasteiger partial charge on any atom is 0.251 e. The molecule has 0 aliphatic carbocycles. The molecule has 9 heteroatoms. The van der Waals surface area contributed by atoms with E-state index in [1.54, 1.807) is 11.3 Å². The van der Waals surface area contributed by atoms with Crippen LogP contribution in [0.1, 0.15) is 28.1 Å². The predicted octanol–water partition coefficient (Wildman–Crippen LogP) is 2.60. The molecule has 3 aromatic rings. The van der Waals surface area contributed by atoms with E-state index in [2.05, 4.69) is 20.1 Å². The summed E-state index contributed by atoms with van der Waals surface area (Å²) in [7, 11) is 0. The fraction of sp³-hybridized carbons (Fsp3) is 0.474. The van der Waals surface area contributed by atoms with Crippen molar-refractivity contribution in [3.63, 3.8) is 0 Å². The Kier molecular flexibility index (Phi) is 5.27. The number of thiazole rings is 1. The van der Waals surface area contributed by atoms with Crippen LogP contribution in [0, 0.1) is 20.8 Å². The van der Waals surface area contributed by atoms with Crippen LogP contribution in [0.15, 0.2) is 20.3 Å². The van der Waals surface area contributed by atoms with Crippen molar-refractivity contribution in [1.82, 2.24) is 25.0 Å². The molecule has 8 nitrogen and oxygen atoms in total. The number of amides is 1. The van der Waals surface area contributed by atoms with Crippen molar-refractivity contribution in [2.75, 3.05) is 26.2 Å². The van der Waals surface area contributed by atoms with Crippen LogP contribution in [0.3, 0.4) is 0 Å². The third kappa shape index (κ3) is 4.15. The van der Waals surface area contributed by atoms with Gasteiger partial charge in [-0.05, 0) is 26.8 Å². The van der Waals surface area contributed by atoms with Crippen molar-refractivity contribution in [2.45, 2.75) is 33.7 Å². The zero-order valence-electron chi connectivity index (χ0n) is 16.3. The number of furan rings is 1. The molecule has 4 rings (SSSR count). The summed E-state index contributed by atoms with van der Waals surface area (Å²) in [6.07, 6.45) is 0.384. The first-order valence-electron chi connectivity index (χ1n) is 9.29. The van der Waals surface area contributed by atoms with E-state index in [9.17, 15) is 4.79 Å². The van der Waals surface area contributed by atoms with Crippen LogP contribution in [-0.2, 0) is 17.8 Å². The lowest BCUT2D eigenvalue weighted by Gasteiger charge is -2.33. The van der Waals surface area contributed by atoms with Crippen LogP contribution in [0.2, 0.25) is 0 Å². The van der Waals surface area contributed by atoms with Gasteiger partial charge in [-0.15, -0.1) is 21.5 Å². The molecule has 1 fully saturated rings. The van der Waals surface area contributed by atoms with Crippen LogP contribution >= 0.6 is 11.3 Å². The number of hydrogen-bond acceptors (Lipinski definition) is 8. The molecule has 28 heavy (non-hydrogen) atoms. The molecule has 0 atom stereocenters. The highest BCUT2D eigenvalue weighted by Crippen LogP contribution is 2.25. The van der Waals surface area contributed by atoms with E-state index in [0.29, 0.717) is 37.8 Å². The molecule has 148 valence electrons. The number of carbonyl (C=O) groups excluding carboxylic acids is 1. The van der Waals surface area contributed by atoms with Crippen molar-refractivity contribution in [3.05, 3.63) is 39.6 Å². The SMILES string of the molecule is Cc1csc(CC(=O)N2CCN(Cc3nnc(-c4cc(C)oc4C)o3)CC2)n1. The summed E-state index contributed by atoms with van der Waals surface area (Å²) in [6.45, 7) is 9.26. The molecule has 4 heterocycles. The van der Waals surface area contributed by atoms with Crippen LogP contribution in [0.4, 0.5) is 0 Å². The largest absolute Gasteiger partial charge is 0.466 e. The lowest BCUT2D eigenvalue weighted by Crippen LogP contribution is -2.48. The first-order chi connectivity index (χ1) is 13.5. The summed E-state index contributed by atoms with van der Waals surface area (Å²) in [5.74, 6) is 2.79. The molecule has 1 saturated heterocycles. The first kappa shape index (κ1) is 18.8. The van der Waals surface area contributed by atoms with Gasteiger partial charge in [0.1, 0.15) is 16.5 Å². The Balaban J connectivity index is 1.30. The predicted molar refractivity (Wildman–Crippen MR) is 104 cm³/mol. The Labute approximate surface area is 167 Å². The summed E-state index contributed by atoms with van der Waals surface area (Å²) >= 11 is 1.54. The monoisotopic (exact) mass is 401 g/mol. The minimum Gasteiger partial charge on any atom is -0.466 e. The standard InChI is InChI=1S/C19H23N5O3S/c1-12-11-28-17(20-12)9-18(25)24-6-4-23(5-7-24)10-16-21-22-19(27-16)15-8-13(2)26-14(15)3/h8,11H,4-7,9-10H2,1-3H3. The summed E-state index contributed by atoms with van der Waals surface area (Å²) in [5, 5.41) is 11.2. The lowest BCUT2D eigenvalue weighted by atomic mass is 10.2. The van der Waals surface area contributed by atoms with E-state index in [1.807, 2.05) is 37.1 Å². The molecule has 0 radical (unpaired) electrons. The molecular formula is C19H23N5O3S. The molecule has 0 bridgehead atoms. The van der Waals surface area contributed by atoms with E-state index in [4.69, 9.17) is 8.83 Å². The van der Waals surface area contributed by atoms with Crippen molar-refractivity contribution in [1.29, 1.82) is 0 Å². The fourth-order valence-electron chi connectivity index (χ4n) is 3.34. The van der Waals surface area contributed by atoms with Crippen molar-refractivity contribution >= 4 is 17.2 Å². The van der Waals surface area contributed by atoms with Crippen molar-refractivity contribution in [3.8, 4) is 11.5 Å². The van der Waals surface area contributed by atoms with E-state index in [-0.39, 0.29) is 5.91 Å². The van der Waals surface area contributed by atoms with Gasteiger partial charge in [-0.1, -0.05) is 0 Å². The molecule has 0 saturated carbocycles. The van der Waals surface area contributed by atoms with Gasteiger partial charge in [0.25, 0.3) is 5.89 Å². The van der Waals surface area contributed by atoms with E-state index in [0.717, 1.165) is 40.9 Å². The number of carbonyl (C=O) groups is 1. The second-order valence-electron chi connectivity index (χ2n) is 7.04. The van der Waals surface area contributed by atoms with E-state index in [1.165, 1.54) is 0 Å². The quantitative estimate of drug-likeness (QED) is 0.649. The number of piperazine rings is 1. The molecule has 1 amide bonds. The molecule has 0 spiro atoms. The molecule has 3 aromatic heterocycles. The van der Waals surface area contributed by atoms with Crippen molar-refractivity contribution < 1.29 is 13.6 Å². The van der Waals surface area contributed by atoms with Gasteiger partial charge in [-0.2, -0.15) is 0 Å². The fourth-order valence-corrected chi connectivity index (χ4v) is 4.10. The highest BCUT2D eigenvalue weighted by Gasteiger charge is 2.23. The topological polar surface area (TPSA) is 88.5 Å². The molecular weight excluding hydrogens is 378 g/mol. The number of aromatic nitrogens is 3. The van der Waals surface area contributed by atoms with Crippen molar-refractivity contribution in [2.24, 2.45) is 0 Å². The van der Waals surface area contributed by atoms with Gasteiger partial charge in [0.2, 0.25) is 11.8 Å². The summed E-state index contributed by atoms with van der Waals surface area (Å²) in [4.78, 5) is 21.0. The third-order valence-corrected chi connectivity index (χ3v) is 5.76. The number of rotatable bonds is 5. The Hall–Kier alpha value is -2.52. The zero-order valence-corrected chi connectivity index (χ0v) is 17.1. The van der Waals surface area contributed by atoms with Gasteiger partial charge in [0, 0.05) is 37.3 Å². The minimum absolute atomic E-state index is 0.139. The average Bonchev–Trinajstić information content (AvgIpc) is 3.36. The number of aryl methyl sites for hydroxylation is 3. The second kappa shape index (κ2) is 7.84. The Morgan fingerprint density at radius 1 is 1.14 bits per heavy atom. The molecule has 1 aliphatic heterocycles. The van der Waals surface area contributed by atoms with Crippen LogP contribution in [0.5, 0.6) is 0 Å². The highest BCUT2D eigenvalue weighted by atomic mass is 32.1. The van der Waals surface area contributed by atoms with Crippen LogP contribution < -0.4 is 0 Å². The summed E-state index contributed by atoms with van der Waals surface area (Å²) in [6, 6.07) is 1.90. The molecule has 0 N–H and O–H groups in total. The minimum atomic E-state index is 0.139. The Bertz CT molecular complexity index is 968. The number of nitrogens with zero attached hydrogens (tertiary/aromatic N) is 5. The van der Waals surface area contributed by atoms with Gasteiger partial charge >= 0.3 is 0 Å². The van der Waals surface area contributed by atoms with Gasteiger partial charge < -0.3 is 13.7 Å². The van der Waals surface area contributed by atoms with Crippen LogP contribution in [-0.4, -0.2) is 57.1 Å². The molecule has 1 aliphatic rings. The third-order valence-electron chi connectivity index (χ3n) is 4.79. The molecule has 0 aromatic carbocycles. The Morgan fingerprint density at radius 2 is 1.93 bits per heavy atom. The van der Waals surface area contributed by atoms with Crippen LogP contribution in [0.25, 0.3) is 11.5 Å². The number of hydrogen-bond donors (Lipinski definition) is 0. The molecule has 0 unspecified atom stereocenters. The lowest BCUT2D eigenvalue weighted by molar-refractivity contribution is -0.132. The zero-order chi connectivity index (χ0) is 19.7.